The molecule has 0 aliphatic carbocycles. The van der Waals surface area contributed by atoms with Gasteiger partial charge in [-0.05, 0) is 37.0 Å². The van der Waals surface area contributed by atoms with Crippen LogP contribution in [0.15, 0.2) is 0 Å². The van der Waals surface area contributed by atoms with E-state index in [2.05, 4.69) is 41.5 Å². The Bertz CT molecular complexity index is 114. The summed E-state index contributed by atoms with van der Waals surface area (Å²) in [7, 11) is 0. The minimum atomic E-state index is 0.255. The molecule has 0 N–H and O–H groups in total. The van der Waals surface area contributed by atoms with E-state index >= 15 is 0 Å². The summed E-state index contributed by atoms with van der Waals surface area (Å²) in [6.07, 6.45) is 5.17. The molecular formula is C12H25. The van der Waals surface area contributed by atoms with Crippen molar-refractivity contribution in [1.29, 1.82) is 0 Å². The van der Waals surface area contributed by atoms with E-state index in [4.69, 9.17) is 0 Å². The first-order chi connectivity index (χ1) is 5.27. The third-order valence-electron chi connectivity index (χ3n) is 2.41. The minimum absolute atomic E-state index is 0.255. The summed E-state index contributed by atoms with van der Waals surface area (Å²) >= 11 is 0. The average molecular weight is 169 g/mol. The fraction of sp³-hybridized carbons (Fsp3) is 0.917. The lowest BCUT2D eigenvalue weighted by atomic mass is 9.78. The summed E-state index contributed by atoms with van der Waals surface area (Å²) in [6.45, 7) is 15.6. The van der Waals surface area contributed by atoms with E-state index in [9.17, 15) is 0 Å². The minimum Gasteiger partial charge on any atom is -0.0654 e. The molecule has 0 amide bonds. The third-order valence-corrected chi connectivity index (χ3v) is 2.41. The first-order valence-corrected chi connectivity index (χ1v) is 5.12. The van der Waals surface area contributed by atoms with Gasteiger partial charge in [-0.2, -0.15) is 0 Å². The van der Waals surface area contributed by atoms with Gasteiger partial charge in [-0.3, -0.25) is 0 Å². The lowest BCUT2D eigenvalue weighted by Gasteiger charge is -2.28. The molecule has 0 spiro atoms. The van der Waals surface area contributed by atoms with Crippen molar-refractivity contribution in [3.05, 3.63) is 6.92 Å². The van der Waals surface area contributed by atoms with Gasteiger partial charge >= 0.3 is 0 Å². The van der Waals surface area contributed by atoms with E-state index in [1.54, 1.807) is 0 Å². The summed E-state index contributed by atoms with van der Waals surface area (Å²) < 4.78 is 0. The Kier molecular flexibility index (Phi) is 4.30. The predicted octanol–water partition coefficient (Wildman–Crippen LogP) is 4.45. The van der Waals surface area contributed by atoms with Gasteiger partial charge in [0.25, 0.3) is 0 Å². The molecule has 0 atom stereocenters. The van der Waals surface area contributed by atoms with Gasteiger partial charge in [0.15, 0.2) is 0 Å². The summed E-state index contributed by atoms with van der Waals surface area (Å²) in [5, 5.41) is 0. The molecule has 0 aliphatic heterocycles. The van der Waals surface area contributed by atoms with Crippen LogP contribution in [0.2, 0.25) is 0 Å². The molecule has 0 saturated heterocycles. The lowest BCUT2D eigenvalue weighted by Crippen LogP contribution is -2.15. The van der Waals surface area contributed by atoms with E-state index in [1.165, 1.54) is 25.7 Å². The Morgan fingerprint density at radius 3 is 1.75 bits per heavy atom. The van der Waals surface area contributed by atoms with Crippen LogP contribution in [0.4, 0.5) is 0 Å². The number of hydrogen-bond donors (Lipinski definition) is 0. The van der Waals surface area contributed by atoms with Crippen LogP contribution in [0.25, 0.3) is 0 Å². The van der Waals surface area contributed by atoms with Crippen LogP contribution in [0.3, 0.4) is 0 Å². The van der Waals surface area contributed by atoms with Crippen LogP contribution in [0.5, 0.6) is 0 Å². The summed E-state index contributed by atoms with van der Waals surface area (Å²) in [5.41, 5.74) is 0.773. The highest BCUT2D eigenvalue weighted by Gasteiger charge is 2.20. The molecule has 0 aliphatic rings. The van der Waals surface area contributed by atoms with Crippen molar-refractivity contribution in [2.75, 3.05) is 0 Å². The van der Waals surface area contributed by atoms with Crippen molar-refractivity contribution in [2.24, 2.45) is 10.8 Å². The van der Waals surface area contributed by atoms with Crippen molar-refractivity contribution in [1.82, 2.24) is 0 Å². The average Bonchev–Trinajstić information content (AvgIpc) is 1.83. The standard InChI is InChI=1S/C12H25/c1-7-8-12(5,6)10-9-11(2,3)4/h2,7-10H2,1,3-6H3. The smallest absolute Gasteiger partial charge is 0.0354 e. The van der Waals surface area contributed by atoms with Crippen LogP contribution < -0.4 is 0 Å². The molecular weight excluding hydrogens is 144 g/mol. The van der Waals surface area contributed by atoms with Crippen LogP contribution in [0, 0.1) is 17.8 Å². The molecule has 0 fully saturated rings. The maximum atomic E-state index is 4.13. The Labute approximate surface area is 78.8 Å². The molecule has 0 saturated carbocycles. The molecule has 0 heterocycles. The van der Waals surface area contributed by atoms with Crippen molar-refractivity contribution in [3.63, 3.8) is 0 Å². The van der Waals surface area contributed by atoms with E-state index in [0.29, 0.717) is 5.41 Å². The molecule has 0 rings (SSSR count). The maximum Gasteiger partial charge on any atom is -0.0354 e. The topological polar surface area (TPSA) is 0 Å². The molecule has 0 bridgehead atoms. The summed E-state index contributed by atoms with van der Waals surface area (Å²) in [6, 6.07) is 0. The van der Waals surface area contributed by atoms with Crippen LogP contribution in [-0.4, -0.2) is 0 Å². The van der Waals surface area contributed by atoms with Crippen LogP contribution in [-0.2, 0) is 0 Å². The zero-order chi connectivity index (χ0) is 9.83. The van der Waals surface area contributed by atoms with Gasteiger partial charge in [0.05, 0.1) is 0 Å². The quantitative estimate of drug-likeness (QED) is 0.570. The van der Waals surface area contributed by atoms with Crippen molar-refractivity contribution in [2.45, 2.75) is 60.3 Å². The Morgan fingerprint density at radius 1 is 0.917 bits per heavy atom. The predicted molar refractivity (Wildman–Crippen MR) is 57.1 cm³/mol. The molecule has 1 radical (unpaired) electrons. The Hall–Kier alpha value is 0. The van der Waals surface area contributed by atoms with Gasteiger partial charge in [-0.15, -0.1) is 0 Å². The Balaban J connectivity index is 3.75. The molecule has 0 nitrogen and oxygen atoms in total. The van der Waals surface area contributed by atoms with Gasteiger partial charge < -0.3 is 0 Å². The molecule has 0 aromatic heterocycles. The zero-order valence-electron chi connectivity index (χ0n) is 9.54. The van der Waals surface area contributed by atoms with Crippen molar-refractivity contribution in [3.8, 4) is 0 Å². The lowest BCUT2D eigenvalue weighted by molar-refractivity contribution is 0.253. The Morgan fingerprint density at radius 2 is 1.42 bits per heavy atom. The SMILES string of the molecule is [CH2]C(C)(C)CCC(C)(C)CCC. The number of rotatable bonds is 5. The van der Waals surface area contributed by atoms with E-state index in [-0.39, 0.29) is 5.41 Å². The van der Waals surface area contributed by atoms with Gasteiger partial charge in [0, 0.05) is 0 Å². The van der Waals surface area contributed by atoms with Gasteiger partial charge in [0.2, 0.25) is 0 Å². The van der Waals surface area contributed by atoms with Crippen molar-refractivity contribution >= 4 is 0 Å². The third kappa shape index (κ3) is 6.69. The molecule has 0 aromatic carbocycles. The van der Waals surface area contributed by atoms with Crippen LogP contribution >= 0.6 is 0 Å². The maximum absolute atomic E-state index is 4.13. The highest BCUT2D eigenvalue weighted by Crippen LogP contribution is 2.33. The second-order valence-corrected chi connectivity index (χ2v) is 5.58. The zero-order valence-corrected chi connectivity index (χ0v) is 9.54. The van der Waals surface area contributed by atoms with E-state index in [0.717, 1.165) is 0 Å². The van der Waals surface area contributed by atoms with Gasteiger partial charge in [-0.25, -0.2) is 0 Å². The molecule has 12 heavy (non-hydrogen) atoms. The first-order valence-electron chi connectivity index (χ1n) is 5.12. The van der Waals surface area contributed by atoms with Crippen molar-refractivity contribution < 1.29 is 0 Å². The molecule has 0 heteroatoms. The highest BCUT2D eigenvalue weighted by atomic mass is 14.3. The fourth-order valence-electron chi connectivity index (χ4n) is 1.48. The summed E-state index contributed by atoms with van der Waals surface area (Å²) in [5.74, 6) is 0. The molecule has 0 aromatic rings. The summed E-state index contributed by atoms with van der Waals surface area (Å²) in [4.78, 5) is 0. The molecule has 0 unspecified atom stereocenters. The fourth-order valence-corrected chi connectivity index (χ4v) is 1.48. The van der Waals surface area contributed by atoms with E-state index < -0.39 is 0 Å². The van der Waals surface area contributed by atoms with Gasteiger partial charge in [0.1, 0.15) is 0 Å². The number of hydrogen-bond acceptors (Lipinski definition) is 0. The van der Waals surface area contributed by atoms with Gasteiger partial charge in [-0.1, -0.05) is 41.0 Å². The monoisotopic (exact) mass is 169 g/mol. The normalized spacial score (nSPS) is 13.5. The molecule has 73 valence electrons. The van der Waals surface area contributed by atoms with Crippen LogP contribution in [0.1, 0.15) is 60.3 Å². The van der Waals surface area contributed by atoms with E-state index in [1.807, 2.05) is 0 Å². The highest BCUT2D eigenvalue weighted by molar-refractivity contribution is 4.76. The largest absolute Gasteiger partial charge is 0.0654 e. The second kappa shape index (κ2) is 4.30. The first kappa shape index (κ1) is 12.0. The second-order valence-electron chi connectivity index (χ2n) is 5.58.